The van der Waals surface area contributed by atoms with Gasteiger partial charge in [0, 0.05) is 24.8 Å². The van der Waals surface area contributed by atoms with Crippen LogP contribution < -0.4 is 0 Å². The second-order valence-electron chi connectivity index (χ2n) is 7.87. The maximum Gasteiger partial charge on any atom is 0.313 e. The number of hydrogen-bond donors (Lipinski definition) is 0. The predicted molar refractivity (Wildman–Crippen MR) is 83.4 cm³/mol. The van der Waals surface area contributed by atoms with Gasteiger partial charge in [-0.15, -0.1) is 0 Å². The minimum absolute atomic E-state index is 0.0900. The number of cyclic esters (lactones) is 1. The Balaban J connectivity index is 1.71. The number of carbonyl (C=O) groups is 2. The summed E-state index contributed by atoms with van der Waals surface area (Å²) in [5.74, 6) is 1.49. The molecule has 2 heterocycles. The van der Waals surface area contributed by atoms with Gasteiger partial charge in [0.05, 0.1) is 17.9 Å². The van der Waals surface area contributed by atoms with Crippen molar-refractivity contribution in [3.63, 3.8) is 0 Å². The predicted octanol–water partition coefficient (Wildman–Crippen LogP) is 3.92. The van der Waals surface area contributed by atoms with Gasteiger partial charge in [-0.2, -0.15) is 0 Å². The van der Waals surface area contributed by atoms with E-state index in [-0.39, 0.29) is 23.9 Å². The number of rotatable bonds is 1. The lowest BCUT2D eigenvalue weighted by atomic mass is 9.50. The van der Waals surface area contributed by atoms with Crippen molar-refractivity contribution in [3.8, 4) is 0 Å². The van der Waals surface area contributed by atoms with Crippen molar-refractivity contribution in [2.45, 2.75) is 52.1 Å². The monoisotopic (exact) mass is 316 g/mol. The summed E-state index contributed by atoms with van der Waals surface area (Å²) in [7, 11) is 0. The first kappa shape index (κ1) is 15.0. The quantitative estimate of drug-likeness (QED) is 0.737. The van der Waals surface area contributed by atoms with E-state index in [0.717, 1.165) is 18.4 Å². The molecule has 0 amide bonds. The van der Waals surface area contributed by atoms with Crippen LogP contribution in [0.1, 0.15) is 57.6 Å². The average molecular weight is 316 g/mol. The van der Waals surface area contributed by atoms with Crippen molar-refractivity contribution in [2.75, 3.05) is 0 Å². The molecule has 1 aromatic heterocycles. The van der Waals surface area contributed by atoms with Gasteiger partial charge in [0.2, 0.25) is 0 Å². The number of furan rings is 1. The van der Waals surface area contributed by atoms with Crippen molar-refractivity contribution in [1.29, 1.82) is 0 Å². The first-order chi connectivity index (χ1) is 11.0. The molecule has 4 rings (SSSR count). The molecular formula is C19H24O4. The van der Waals surface area contributed by atoms with E-state index in [1.807, 2.05) is 6.07 Å². The van der Waals surface area contributed by atoms with Crippen LogP contribution in [0.3, 0.4) is 0 Å². The zero-order chi connectivity index (χ0) is 16.2. The highest BCUT2D eigenvalue weighted by Crippen LogP contribution is 2.61. The number of ketones is 1. The number of fused-ring (bicyclic) bond motifs is 2. The van der Waals surface area contributed by atoms with Gasteiger partial charge in [-0.05, 0) is 42.6 Å². The topological polar surface area (TPSA) is 56.5 Å². The van der Waals surface area contributed by atoms with Crippen LogP contribution >= 0.6 is 0 Å². The molecule has 1 aromatic rings. The standard InChI is InChI=1S/C19H24O4/c1-11-7-14(20)8-16-15(11)4-3-12(2)19(16)9-17(23-18(19)21)13-5-6-22-10-13/h5-6,10-12,15-17H,3-4,7-9H2,1-2H3. The van der Waals surface area contributed by atoms with Crippen molar-refractivity contribution in [1.82, 2.24) is 0 Å². The fraction of sp³-hybridized carbons (Fsp3) is 0.684. The molecule has 1 aliphatic heterocycles. The molecule has 0 radical (unpaired) electrons. The highest BCUT2D eigenvalue weighted by Gasteiger charge is 2.62. The van der Waals surface area contributed by atoms with Gasteiger partial charge in [0.1, 0.15) is 11.9 Å². The van der Waals surface area contributed by atoms with E-state index in [0.29, 0.717) is 36.9 Å². The van der Waals surface area contributed by atoms with E-state index in [4.69, 9.17) is 9.15 Å². The van der Waals surface area contributed by atoms with Gasteiger partial charge in [-0.1, -0.05) is 13.8 Å². The lowest BCUT2D eigenvalue weighted by Crippen LogP contribution is -2.52. The molecule has 6 unspecified atom stereocenters. The molecule has 1 saturated heterocycles. The Morgan fingerprint density at radius 3 is 2.74 bits per heavy atom. The van der Waals surface area contributed by atoms with E-state index in [2.05, 4.69) is 13.8 Å². The van der Waals surface area contributed by atoms with Gasteiger partial charge in [-0.3, -0.25) is 9.59 Å². The summed E-state index contributed by atoms with van der Waals surface area (Å²) < 4.78 is 10.9. The Bertz CT molecular complexity index is 619. The minimum Gasteiger partial charge on any atom is -0.472 e. The molecule has 6 atom stereocenters. The molecule has 4 nitrogen and oxygen atoms in total. The Morgan fingerprint density at radius 2 is 2.00 bits per heavy atom. The molecule has 0 N–H and O–H groups in total. The van der Waals surface area contributed by atoms with E-state index in [1.54, 1.807) is 12.5 Å². The molecule has 0 aromatic carbocycles. The summed E-state index contributed by atoms with van der Waals surface area (Å²) in [4.78, 5) is 25.2. The molecule has 4 heteroatoms. The Morgan fingerprint density at radius 1 is 1.17 bits per heavy atom. The summed E-state index contributed by atoms with van der Waals surface area (Å²) in [6.07, 6.45) is 7.14. The third-order valence-electron chi connectivity index (χ3n) is 6.79. The average Bonchev–Trinajstić information content (AvgIpc) is 3.12. The van der Waals surface area contributed by atoms with Crippen molar-refractivity contribution in [2.24, 2.45) is 29.1 Å². The highest BCUT2D eigenvalue weighted by atomic mass is 16.6. The maximum atomic E-state index is 13.0. The molecule has 2 saturated carbocycles. The minimum atomic E-state index is -0.491. The first-order valence-electron chi connectivity index (χ1n) is 8.77. The number of ether oxygens (including phenoxy) is 1. The number of carbonyl (C=O) groups excluding carboxylic acids is 2. The van der Waals surface area contributed by atoms with Gasteiger partial charge < -0.3 is 9.15 Å². The molecule has 23 heavy (non-hydrogen) atoms. The van der Waals surface area contributed by atoms with Crippen molar-refractivity contribution >= 4 is 11.8 Å². The van der Waals surface area contributed by atoms with Gasteiger partial charge in [0.25, 0.3) is 0 Å². The van der Waals surface area contributed by atoms with Crippen LogP contribution in [0.15, 0.2) is 23.0 Å². The van der Waals surface area contributed by atoms with E-state index in [9.17, 15) is 9.59 Å². The fourth-order valence-electron chi connectivity index (χ4n) is 5.52. The summed E-state index contributed by atoms with van der Waals surface area (Å²) in [5, 5.41) is 0. The van der Waals surface area contributed by atoms with Gasteiger partial charge in [-0.25, -0.2) is 0 Å². The largest absolute Gasteiger partial charge is 0.472 e. The smallest absolute Gasteiger partial charge is 0.313 e. The zero-order valence-corrected chi connectivity index (χ0v) is 13.8. The first-order valence-corrected chi connectivity index (χ1v) is 8.77. The van der Waals surface area contributed by atoms with Crippen LogP contribution in [-0.4, -0.2) is 11.8 Å². The zero-order valence-electron chi connectivity index (χ0n) is 13.8. The summed E-state index contributed by atoms with van der Waals surface area (Å²) in [6.45, 7) is 4.34. The summed E-state index contributed by atoms with van der Waals surface area (Å²) in [6, 6.07) is 1.87. The molecule has 3 fully saturated rings. The SMILES string of the molecule is CC1CC(=O)CC2C1CCC(C)C21CC(c2ccoc2)OC1=O. The third-order valence-corrected chi connectivity index (χ3v) is 6.79. The van der Waals surface area contributed by atoms with Crippen LogP contribution in [0, 0.1) is 29.1 Å². The number of Topliss-reactive ketones (excluding diaryl/α,β-unsaturated/α-hetero) is 1. The lowest BCUT2D eigenvalue weighted by Gasteiger charge is -2.51. The van der Waals surface area contributed by atoms with Crippen molar-refractivity contribution in [3.05, 3.63) is 24.2 Å². The van der Waals surface area contributed by atoms with E-state index in [1.165, 1.54) is 0 Å². The van der Waals surface area contributed by atoms with Crippen LogP contribution in [-0.2, 0) is 14.3 Å². The molecule has 2 aliphatic carbocycles. The van der Waals surface area contributed by atoms with Crippen LogP contribution in [0.5, 0.6) is 0 Å². The summed E-state index contributed by atoms with van der Waals surface area (Å²) >= 11 is 0. The second-order valence-corrected chi connectivity index (χ2v) is 7.87. The Labute approximate surface area is 136 Å². The molecule has 124 valence electrons. The normalized spacial score (nSPS) is 43.5. The van der Waals surface area contributed by atoms with Gasteiger partial charge in [0.15, 0.2) is 0 Å². The highest BCUT2D eigenvalue weighted by molar-refractivity contribution is 5.84. The lowest BCUT2D eigenvalue weighted by molar-refractivity contribution is -0.162. The fourth-order valence-corrected chi connectivity index (χ4v) is 5.52. The third kappa shape index (κ3) is 2.10. The maximum absolute atomic E-state index is 13.0. The van der Waals surface area contributed by atoms with Gasteiger partial charge >= 0.3 is 5.97 Å². The molecular weight excluding hydrogens is 292 g/mol. The van der Waals surface area contributed by atoms with Crippen LogP contribution in [0.2, 0.25) is 0 Å². The van der Waals surface area contributed by atoms with E-state index < -0.39 is 5.41 Å². The molecule has 1 spiro atoms. The van der Waals surface area contributed by atoms with E-state index >= 15 is 0 Å². The summed E-state index contributed by atoms with van der Waals surface area (Å²) in [5.41, 5.74) is 0.439. The number of hydrogen-bond acceptors (Lipinski definition) is 4. The Kier molecular flexibility index (Phi) is 3.40. The van der Waals surface area contributed by atoms with Crippen molar-refractivity contribution < 1.29 is 18.7 Å². The van der Waals surface area contributed by atoms with Crippen LogP contribution in [0.4, 0.5) is 0 Å². The molecule has 0 bridgehead atoms. The van der Waals surface area contributed by atoms with Crippen LogP contribution in [0.25, 0.3) is 0 Å². The number of esters is 1. The molecule has 3 aliphatic rings. The Hall–Kier alpha value is -1.58. The second kappa shape index (κ2) is 5.22.